The summed E-state index contributed by atoms with van der Waals surface area (Å²) in [6.07, 6.45) is 0. The molecule has 0 fully saturated rings. The van der Waals surface area contributed by atoms with E-state index >= 15 is 0 Å². The van der Waals surface area contributed by atoms with Gasteiger partial charge in [-0.3, -0.25) is 0 Å². The van der Waals surface area contributed by atoms with Crippen molar-refractivity contribution in [1.29, 1.82) is 0 Å². The van der Waals surface area contributed by atoms with Crippen molar-refractivity contribution in [2.75, 3.05) is 4.90 Å². The smallest absolute Gasteiger partial charge is 0.0746 e. The maximum atomic E-state index is 2.58. The van der Waals surface area contributed by atoms with Crippen molar-refractivity contribution in [2.45, 2.75) is 24.7 Å². The van der Waals surface area contributed by atoms with E-state index in [2.05, 4.69) is 207 Å². The quantitative estimate of drug-likeness (QED) is 0.175. The van der Waals surface area contributed by atoms with E-state index in [0.29, 0.717) is 0 Å². The molecule has 9 aromatic rings. The average molecular weight is 724 g/mol. The van der Waals surface area contributed by atoms with Gasteiger partial charge in [-0.2, -0.15) is 0 Å². The Kier molecular flexibility index (Phi) is 5.96. The van der Waals surface area contributed by atoms with Crippen LogP contribution in [0.3, 0.4) is 0 Å². The Morgan fingerprint density at radius 2 is 0.912 bits per heavy atom. The molecular weight excluding hydrogens is 687 g/mol. The van der Waals surface area contributed by atoms with Crippen LogP contribution in [0.5, 0.6) is 0 Å². The molecule has 1 unspecified atom stereocenters. The lowest BCUT2D eigenvalue weighted by Gasteiger charge is -2.36. The van der Waals surface area contributed by atoms with Crippen molar-refractivity contribution in [1.82, 2.24) is 0 Å². The number of benzene rings is 9. The Balaban J connectivity index is 1.15. The zero-order valence-corrected chi connectivity index (χ0v) is 31.8. The zero-order chi connectivity index (χ0) is 37.6. The summed E-state index contributed by atoms with van der Waals surface area (Å²) in [5.74, 6) is 0. The van der Waals surface area contributed by atoms with Gasteiger partial charge in [0.2, 0.25) is 0 Å². The van der Waals surface area contributed by atoms with Crippen molar-refractivity contribution in [2.24, 2.45) is 0 Å². The molecule has 0 radical (unpaired) electrons. The lowest BCUT2D eigenvalue weighted by Crippen LogP contribution is -2.28. The highest BCUT2D eigenvalue weighted by Gasteiger charge is 2.54. The van der Waals surface area contributed by atoms with E-state index in [4.69, 9.17) is 0 Å². The molecular formula is C56H37N. The Hall–Kier alpha value is -6.96. The summed E-state index contributed by atoms with van der Waals surface area (Å²) in [4.78, 5) is 2.54. The fourth-order valence-electron chi connectivity index (χ4n) is 11.6. The minimum absolute atomic E-state index is 0.122. The van der Waals surface area contributed by atoms with Crippen LogP contribution >= 0.6 is 0 Å². The standard InChI is InChI=1S/C56H37N/c1-55(2)46-26-11-8-20-38(46)40-31-30-35(32-49(40)55)57(34-16-4-3-5-17-34)51-29-15-24-42-39-21-9-12-27-47(39)56(54(42)51)48-28-13-10-22-43(48)53-44-25-14-23-41-36-18-6-7-19-37(36)45(52(41)44)33-50(53)56/h3-33H,1-2H3. The van der Waals surface area contributed by atoms with Gasteiger partial charge >= 0.3 is 0 Å². The molecule has 4 aliphatic carbocycles. The molecule has 0 aromatic heterocycles. The molecule has 0 aliphatic heterocycles. The molecule has 9 aromatic carbocycles. The first-order valence-electron chi connectivity index (χ1n) is 20.2. The molecule has 0 amide bonds. The first-order valence-corrected chi connectivity index (χ1v) is 20.2. The van der Waals surface area contributed by atoms with Crippen molar-refractivity contribution in [3.8, 4) is 55.6 Å². The van der Waals surface area contributed by atoms with E-state index in [9.17, 15) is 0 Å². The van der Waals surface area contributed by atoms with Gasteiger partial charge in [0.1, 0.15) is 0 Å². The Labute approximate surface area is 333 Å². The number of hydrogen-bond donors (Lipinski definition) is 0. The van der Waals surface area contributed by atoms with E-state index < -0.39 is 5.41 Å². The van der Waals surface area contributed by atoms with Crippen LogP contribution in [0.4, 0.5) is 17.1 Å². The second kappa shape index (κ2) is 10.9. The minimum Gasteiger partial charge on any atom is -0.310 e. The molecule has 1 heteroatoms. The van der Waals surface area contributed by atoms with Crippen molar-refractivity contribution < 1.29 is 0 Å². The number of para-hydroxylation sites is 1. The van der Waals surface area contributed by atoms with Gasteiger partial charge in [0.15, 0.2) is 0 Å². The number of anilines is 3. The van der Waals surface area contributed by atoms with Crippen LogP contribution in [0, 0.1) is 0 Å². The van der Waals surface area contributed by atoms with E-state index in [1.165, 1.54) is 111 Å². The first-order chi connectivity index (χ1) is 28.1. The summed E-state index contributed by atoms with van der Waals surface area (Å²) in [5, 5.41) is 2.71. The summed E-state index contributed by atoms with van der Waals surface area (Å²) in [7, 11) is 0. The highest BCUT2D eigenvalue weighted by atomic mass is 15.1. The average Bonchev–Trinajstić information content (AvgIpc) is 3.93. The SMILES string of the molecule is CC1(C)c2ccccc2-c2ccc(N(c3ccccc3)c3cccc4c3C3(c5ccccc5-4)c4ccccc4-c4c3cc3c5c(cccc45)-c4ccccc4-3)cc21. The third-order valence-corrected chi connectivity index (χ3v) is 13.8. The van der Waals surface area contributed by atoms with Crippen LogP contribution in [0.15, 0.2) is 188 Å². The van der Waals surface area contributed by atoms with Crippen molar-refractivity contribution in [3.63, 3.8) is 0 Å². The second-order valence-corrected chi connectivity index (χ2v) is 16.7. The van der Waals surface area contributed by atoms with E-state index in [-0.39, 0.29) is 5.41 Å². The largest absolute Gasteiger partial charge is 0.310 e. The predicted molar refractivity (Wildman–Crippen MR) is 237 cm³/mol. The van der Waals surface area contributed by atoms with Gasteiger partial charge in [-0.05, 0) is 131 Å². The van der Waals surface area contributed by atoms with E-state index in [0.717, 1.165) is 5.69 Å². The molecule has 1 atom stereocenters. The Morgan fingerprint density at radius 3 is 1.68 bits per heavy atom. The van der Waals surface area contributed by atoms with Gasteiger partial charge in [0.25, 0.3) is 0 Å². The fraction of sp³-hybridized carbons (Fsp3) is 0.0714. The molecule has 0 saturated heterocycles. The van der Waals surface area contributed by atoms with Crippen LogP contribution < -0.4 is 4.90 Å². The topological polar surface area (TPSA) is 3.24 Å². The highest BCUT2D eigenvalue weighted by Crippen LogP contribution is 2.68. The van der Waals surface area contributed by atoms with Crippen LogP contribution in [0.25, 0.3) is 66.4 Å². The number of rotatable bonds is 3. The maximum absolute atomic E-state index is 2.58. The van der Waals surface area contributed by atoms with Gasteiger partial charge in [0.05, 0.1) is 11.1 Å². The monoisotopic (exact) mass is 723 g/mol. The molecule has 13 rings (SSSR count). The van der Waals surface area contributed by atoms with Crippen LogP contribution in [-0.4, -0.2) is 0 Å². The second-order valence-electron chi connectivity index (χ2n) is 16.7. The van der Waals surface area contributed by atoms with Gasteiger partial charge in [-0.15, -0.1) is 0 Å². The Morgan fingerprint density at radius 1 is 0.351 bits per heavy atom. The molecule has 0 saturated carbocycles. The fourth-order valence-corrected chi connectivity index (χ4v) is 11.6. The number of nitrogens with zero attached hydrogens (tertiary/aromatic N) is 1. The van der Waals surface area contributed by atoms with E-state index in [1.807, 2.05) is 0 Å². The van der Waals surface area contributed by atoms with Gasteiger partial charge < -0.3 is 4.90 Å². The summed E-state index contributed by atoms with van der Waals surface area (Å²) in [5.41, 5.74) is 24.3. The van der Waals surface area contributed by atoms with E-state index in [1.54, 1.807) is 0 Å². The molecule has 0 heterocycles. The molecule has 0 N–H and O–H groups in total. The predicted octanol–water partition coefficient (Wildman–Crippen LogP) is 14.6. The number of hydrogen-bond acceptors (Lipinski definition) is 1. The highest BCUT2D eigenvalue weighted by molar-refractivity contribution is 6.21. The van der Waals surface area contributed by atoms with Crippen molar-refractivity contribution >= 4 is 27.8 Å². The molecule has 1 nitrogen and oxygen atoms in total. The van der Waals surface area contributed by atoms with Gasteiger partial charge in [-0.1, -0.05) is 166 Å². The normalized spacial score (nSPS) is 16.5. The summed E-state index contributed by atoms with van der Waals surface area (Å²) in [6, 6.07) is 71.2. The summed E-state index contributed by atoms with van der Waals surface area (Å²) >= 11 is 0. The summed E-state index contributed by atoms with van der Waals surface area (Å²) in [6.45, 7) is 4.76. The molecule has 266 valence electrons. The minimum atomic E-state index is -0.550. The Bertz CT molecular complexity index is 3220. The third kappa shape index (κ3) is 3.75. The van der Waals surface area contributed by atoms with Crippen LogP contribution in [0.1, 0.15) is 47.2 Å². The lowest BCUT2D eigenvalue weighted by atomic mass is 9.69. The molecule has 1 spiro atoms. The molecule has 57 heavy (non-hydrogen) atoms. The van der Waals surface area contributed by atoms with Gasteiger partial charge in [-0.25, -0.2) is 0 Å². The molecule has 0 bridgehead atoms. The zero-order valence-electron chi connectivity index (χ0n) is 31.8. The van der Waals surface area contributed by atoms with Crippen LogP contribution in [0.2, 0.25) is 0 Å². The lowest BCUT2D eigenvalue weighted by molar-refractivity contribution is 0.660. The first kappa shape index (κ1) is 31.3. The maximum Gasteiger partial charge on any atom is 0.0746 e. The van der Waals surface area contributed by atoms with Gasteiger partial charge in [0, 0.05) is 22.4 Å². The molecule has 4 aliphatic rings. The van der Waals surface area contributed by atoms with Crippen molar-refractivity contribution in [3.05, 3.63) is 221 Å². The third-order valence-electron chi connectivity index (χ3n) is 13.8. The van der Waals surface area contributed by atoms with Crippen LogP contribution in [-0.2, 0) is 10.8 Å². The summed E-state index contributed by atoms with van der Waals surface area (Å²) < 4.78 is 0. The number of fused-ring (bicyclic) bond motifs is 17.